The molecule has 2 aromatic carbocycles. The molecule has 0 aliphatic carbocycles. The Balaban J connectivity index is 1.70. The van der Waals surface area contributed by atoms with E-state index >= 15 is 0 Å². The fraction of sp³-hybridized carbons (Fsp3) is 0.222. The first kappa shape index (κ1) is 19.1. The molecule has 0 aliphatic heterocycles. The Hall–Kier alpha value is -2.64. The second kappa shape index (κ2) is 8.37. The van der Waals surface area contributed by atoms with E-state index in [0.717, 1.165) is 11.3 Å². The van der Waals surface area contributed by atoms with Crippen molar-refractivity contribution in [3.05, 3.63) is 64.4 Å². The maximum Gasteiger partial charge on any atom is 0.322 e. The third-order valence-corrected chi connectivity index (χ3v) is 4.69. The molecule has 2 amide bonds. The van der Waals surface area contributed by atoms with Crippen LogP contribution in [0.3, 0.4) is 0 Å². The molecule has 27 heavy (non-hydrogen) atoms. The van der Waals surface area contributed by atoms with Crippen LogP contribution in [0.5, 0.6) is 0 Å². The van der Waals surface area contributed by atoms with Crippen LogP contribution in [0.2, 0.25) is 10.0 Å². The number of tetrazole rings is 1. The van der Waals surface area contributed by atoms with Gasteiger partial charge in [-0.2, -0.15) is 0 Å². The number of hydrogen-bond acceptors (Lipinski definition) is 4. The van der Waals surface area contributed by atoms with E-state index in [9.17, 15) is 4.79 Å². The molecule has 0 bridgehead atoms. The molecule has 0 fully saturated rings. The van der Waals surface area contributed by atoms with Gasteiger partial charge in [0.05, 0.1) is 15.7 Å². The molecule has 0 saturated heterocycles. The maximum absolute atomic E-state index is 12.7. The number of nitrogens with zero attached hydrogens (tertiary/aromatic N) is 5. The van der Waals surface area contributed by atoms with Crippen LogP contribution in [0.1, 0.15) is 19.4 Å². The number of carbonyl (C=O) groups excluding carboxylic acids is 1. The van der Waals surface area contributed by atoms with E-state index in [1.807, 2.05) is 32.0 Å². The summed E-state index contributed by atoms with van der Waals surface area (Å²) in [5.41, 5.74) is 2.38. The van der Waals surface area contributed by atoms with Gasteiger partial charge in [0.2, 0.25) is 0 Å². The molecule has 9 heteroatoms. The lowest BCUT2D eigenvalue weighted by Gasteiger charge is -2.27. The van der Waals surface area contributed by atoms with E-state index in [0.29, 0.717) is 22.3 Å². The van der Waals surface area contributed by atoms with Gasteiger partial charge in [-0.3, -0.25) is 0 Å². The molecule has 0 saturated carbocycles. The minimum absolute atomic E-state index is 0.0000464. The van der Waals surface area contributed by atoms with Crippen molar-refractivity contribution >= 4 is 34.9 Å². The number of anilines is 1. The molecule has 0 atom stereocenters. The summed E-state index contributed by atoms with van der Waals surface area (Å²) in [4.78, 5) is 14.5. The molecule has 3 rings (SSSR count). The predicted octanol–water partition coefficient (Wildman–Crippen LogP) is 4.41. The number of aromatic nitrogens is 4. The first-order chi connectivity index (χ1) is 12.9. The Morgan fingerprint density at radius 2 is 1.89 bits per heavy atom. The lowest BCUT2D eigenvalue weighted by molar-refractivity contribution is 0.193. The summed E-state index contributed by atoms with van der Waals surface area (Å²) in [6.07, 6.45) is 1.51. The van der Waals surface area contributed by atoms with Crippen LogP contribution in [-0.4, -0.2) is 37.2 Å². The molecule has 7 nitrogen and oxygen atoms in total. The lowest BCUT2D eigenvalue weighted by Crippen LogP contribution is -2.39. The molecular formula is C18H18Cl2N6O. The summed E-state index contributed by atoms with van der Waals surface area (Å²) in [5.74, 6) is 0. The number of urea groups is 1. The van der Waals surface area contributed by atoms with E-state index in [4.69, 9.17) is 23.2 Å². The highest BCUT2D eigenvalue weighted by Gasteiger charge is 2.18. The van der Waals surface area contributed by atoms with Crippen LogP contribution in [-0.2, 0) is 6.54 Å². The first-order valence-electron chi connectivity index (χ1n) is 8.29. The third kappa shape index (κ3) is 4.75. The topological polar surface area (TPSA) is 75.9 Å². The van der Waals surface area contributed by atoms with E-state index in [-0.39, 0.29) is 12.1 Å². The van der Waals surface area contributed by atoms with Crippen LogP contribution in [0.4, 0.5) is 10.5 Å². The van der Waals surface area contributed by atoms with Gasteiger partial charge in [0.25, 0.3) is 0 Å². The second-order valence-corrected chi connectivity index (χ2v) is 7.02. The number of nitrogens with one attached hydrogen (secondary N) is 1. The van der Waals surface area contributed by atoms with Crippen molar-refractivity contribution in [2.24, 2.45) is 0 Å². The van der Waals surface area contributed by atoms with Gasteiger partial charge in [0.1, 0.15) is 6.33 Å². The van der Waals surface area contributed by atoms with Crippen LogP contribution in [0, 0.1) is 0 Å². The van der Waals surface area contributed by atoms with Crippen molar-refractivity contribution in [2.75, 3.05) is 5.32 Å². The highest BCUT2D eigenvalue weighted by molar-refractivity contribution is 6.42. The molecule has 1 N–H and O–H groups in total. The quantitative estimate of drug-likeness (QED) is 0.682. The Labute approximate surface area is 166 Å². The summed E-state index contributed by atoms with van der Waals surface area (Å²) in [6.45, 7) is 4.33. The Bertz CT molecular complexity index is 912. The molecule has 3 aromatic rings. The largest absolute Gasteiger partial charge is 0.322 e. The van der Waals surface area contributed by atoms with Crippen molar-refractivity contribution < 1.29 is 4.79 Å². The van der Waals surface area contributed by atoms with E-state index in [2.05, 4.69) is 20.8 Å². The fourth-order valence-electron chi connectivity index (χ4n) is 2.50. The van der Waals surface area contributed by atoms with Crippen molar-refractivity contribution in [3.63, 3.8) is 0 Å². The lowest BCUT2D eigenvalue weighted by atomic mass is 10.2. The SMILES string of the molecule is CC(C)N(Cc1ccc(Cl)c(Cl)c1)C(=O)Nc1ccc(-n2cnnn2)cc1. The molecule has 140 valence electrons. The highest BCUT2D eigenvalue weighted by Crippen LogP contribution is 2.24. The summed E-state index contributed by atoms with van der Waals surface area (Å²) < 4.78 is 1.54. The van der Waals surface area contributed by atoms with Crippen LogP contribution in [0.15, 0.2) is 48.8 Å². The first-order valence-corrected chi connectivity index (χ1v) is 9.04. The van der Waals surface area contributed by atoms with Crippen molar-refractivity contribution in [2.45, 2.75) is 26.4 Å². The van der Waals surface area contributed by atoms with Crippen molar-refractivity contribution in [1.82, 2.24) is 25.1 Å². The zero-order chi connectivity index (χ0) is 19.4. The zero-order valence-corrected chi connectivity index (χ0v) is 16.3. The van der Waals surface area contributed by atoms with Crippen molar-refractivity contribution in [1.29, 1.82) is 0 Å². The molecule has 1 heterocycles. The van der Waals surface area contributed by atoms with E-state index < -0.39 is 0 Å². The smallest absolute Gasteiger partial charge is 0.318 e. The number of halogens is 2. The molecule has 0 spiro atoms. The highest BCUT2D eigenvalue weighted by atomic mass is 35.5. The van der Waals surface area contributed by atoms with Gasteiger partial charge in [0, 0.05) is 18.3 Å². The van der Waals surface area contributed by atoms with Crippen LogP contribution < -0.4 is 5.32 Å². The minimum atomic E-state index is -0.203. The molecule has 1 aromatic heterocycles. The normalized spacial score (nSPS) is 10.9. The fourth-order valence-corrected chi connectivity index (χ4v) is 2.82. The van der Waals surface area contributed by atoms with Gasteiger partial charge in [-0.15, -0.1) is 5.10 Å². The summed E-state index contributed by atoms with van der Waals surface area (Å²) in [5, 5.41) is 14.9. The monoisotopic (exact) mass is 404 g/mol. The average molecular weight is 405 g/mol. The number of benzene rings is 2. The van der Waals surface area contributed by atoms with Gasteiger partial charge in [-0.05, 0) is 66.2 Å². The summed E-state index contributed by atoms with van der Waals surface area (Å²) in [6, 6.07) is 12.4. The van der Waals surface area contributed by atoms with Gasteiger partial charge in [-0.25, -0.2) is 9.48 Å². The predicted molar refractivity (Wildman–Crippen MR) is 105 cm³/mol. The average Bonchev–Trinajstić information content (AvgIpc) is 3.17. The Kier molecular flexibility index (Phi) is 5.93. The molecular weight excluding hydrogens is 387 g/mol. The zero-order valence-electron chi connectivity index (χ0n) is 14.8. The molecule has 0 radical (unpaired) electrons. The van der Waals surface area contributed by atoms with Crippen LogP contribution in [0.25, 0.3) is 5.69 Å². The third-order valence-electron chi connectivity index (χ3n) is 3.95. The van der Waals surface area contributed by atoms with E-state index in [1.54, 1.807) is 29.2 Å². The van der Waals surface area contributed by atoms with E-state index in [1.165, 1.54) is 11.0 Å². The Morgan fingerprint density at radius 3 is 2.48 bits per heavy atom. The number of rotatable bonds is 5. The number of carbonyl (C=O) groups is 1. The number of hydrogen-bond donors (Lipinski definition) is 1. The van der Waals surface area contributed by atoms with Crippen molar-refractivity contribution in [3.8, 4) is 5.69 Å². The van der Waals surface area contributed by atoms with Crippen LogP contribution >= 0.6 is 23.2 Å². The Morgan fingerprint density at radius 1 is 1.15 bits per heavy atom. The minimum Gasteiger partial charge on any atom is -0.318 e. The van der Waals surface area contributed by atoms with Gasteiger partial charge in [-0.1, -0.05) is 29.3 Å². The van der Waals surface area contributed by atoms with Gasteiger partial charge >= 0.3 is 6.03 Å². The molecule has 0 aliphatic rings. The summed E-state index contributed by atoms with van der Waals surface area (Å²) in [7, 11) is 0. The standard InChI is InChI=1S/C18H18Cl2N6O/c1-12(2)25(10-13-3-8-16(19)17(20)9-13)18(27)22-14-4-6-15(7-5-14)26-11-21-23-24-26/h3-9,11-12H,10H2,1-2H3,(H,22,27). The van der Waals surface area contributed by atoms with Gasteiger partial charge < -0.3 is 10.2 Å². The maximum atomic E-state index is 12.7. The van der Waals surface area contributed by atoms with Gasteiger partial charge in [0.15, 0.2) is 0 Å². The summed E-state index contributed by atoms with van der Waals surface area (Å²) >= 11 is 12.0. The second-order valence-electron chi connectivity index (χ2n) is 6.20. The number of amides is 2. The molecule has 0 unspecified atom stereocenters.